The van der Waals surface area contributed by atoms with Crippen LogP contribution >= 0.6 is 0 Å². The standard InChI is InChI=1S/C14H26N2O4S/c1-3-15(9-12-6-8-20-11-12)14(17)13-5-4-7-16(10-13)21(2,18)19/h12-13H,3-11H2,1-2H3. The fourth-order valence-corrected chi connectivity index (χ4v) is 4.03. The van der Waals surface area contributed by atoms with Crippen molar-refractivity contribution in [1.82, 2.24) is 9.21 Å². The molecule has 0 saturated carbocycles. The molecule has 21 heavy (non-hydrogen) atoms. The van der Waals surface area contributed by atoms with Crippen molar-refractivity contribution in [3.05, 3.63) is 0 Å². The maximum atomic E-state index is 12.7. The Kier molecular flexibility index (Phi) is 5.62. The summed E-state index contributed by atoms with van der Waals surface area (Å²) in [6, 6.07) is 0. The third-order valence-electron chi connectivity index (χ3n) is 4.40. The van der Waals surface area contributed by atoms with Gasteiger partial charge in [-0.15, -0.1) is 0 Å². The Morgan fingerprint density at radius 1 is 1.38 bits per heavy atom. The Hall–Kier alpha value is -0.660. The van der Waals surface area contributed by atoms with Gasteiger partial charge >= 0.3 is 0 Å². The van der Waals surface area contributed by atoms with Crippen LogP contribution in [0.15, 0.2) is 0 Å². The first kappa shape index (κ1) is 16.7. The highest BCUT2D eigenvalue weighted by Gasteiger charge is 2.33. The Morgan fingerprint density at radius 3 is 2.71 bits per heavy atom. The summed E-state index contributed by atoms with van der Waals surface area (Å²) < 4.78 is 30.1. The molecule has 2 atom stereocenters. The van der Waals surface area contributed by atoms with Crippen molar-refractivity contribution in [2.24, 2.45) is 11.8 Å². The zero-order chi connectivity index (χ0) is 15.5. The summed E-state index contributed by atoms with van der Waals surface area (Å²) in [7, 11) is -3.20. The predicted molar refractivity (Wildman–Crippen MR) is 80.3 cm³/mol. The predicted octanol–water partition coefficient (Wildman–Crippen LogP) is 0.543. The second-order valence-corrected chi connectivity index (χ2v) is 8.05. The van der Waals surface area contributed by atoms with E-state index >= 15 is 0 Å². The van der Waals surface area contributed by atoms with Crippen LogP contribution in [0.4, 0.5) is 0 Å². The maximum Gasteiger partial charge on any atom is 0.227 e. The molecule has 0 bridgehead atoms. The number of carbonyl (C=O) groups excluding carboxylic acids is 1. The number of carbonyl (C=O) groups is 1. The molecule has 0 spiro atoms. The minimum atomic E-state index is -3.20. The second-order valence-electron chi connectivity index (χ2n) is 6.07. The number of rotatable bonds is 5. The molecule has 0 aliphatic carbocycles. The number of hydrogen-bond acceptors (Lipinski definition) is 4. The molecule has 1 amide bonds. The summed E-state index contributed by atoms with van der Waals surface area (Å²) >= 11 is 0. The van der Waals surface area contributed by atoms with Crippen LogP contribution < -0.4 is 0 Å². The molecular formula is C14H26N2O4S. The van der Waals surface area contributed by atoms with Crippen LogP contribution in [0.3, 0.4) is 0 Å². The van der Waals surface area contributed by atoms with Gasteiger partial charge in [-0.25, -0.2) is 12.7 Å². The van der Waals surface area contributed by atoms with E-state index in [-0.39, 0.29) is 11.8 Å². The summed E-state index contributed by atoms with van der Waals surface area (Å²) in [4.78, 5) is 14.5. The first-order valence-corrected chi connectivity index (χ1v) is 9.58. The lowest BCUT2D eigenvalue weighted by atomic mass is 9.97. The van der Waals surface area contributed by atoms with Crippen LogP contribution in [-0.2, 0) is 19.6 Å². The van der Waals surface area contributed by atoms with Crippen molar-refractivity contribution in [3.63, 3.8) is 0 Å². The second kappa shape index (κ2) is 7.07. The number of amides is 1. The van der Waals surface area contributed by atoms with E-state index in [1.807, 2.05) is 11.8 Å². The Bertz CT molecular complexity index is 460. The third-order valence-corrected chi connectivity index (χ3v) is 5.67. The number of hydrogen-bond donors (Lipinski definition) is 0. The highest BCUT2D eigenvalue weighted by atomic mass is 32.2. The van der Waals surface area contributed by atoms with E-state index in [2.05, 4.69) is 0 Å². The fraction of sp³-hybridized carbons (Fsp3) is 0.929. The van der Waals surface area contributed by atoms with Crippen molar-refractivity contribution in [2.45, 2.75) is 26.2 Å². The highest BCUT2D eigenvalue weighted by Crippen LogP contribution is 2.22. The fourth-order valence-electron chi connectivity index (χ4n) is 3.12. The number of sulfonamides is 1. The maximum absolute atomic E-state index is 12.7. The number of nitrogens with zero attached hydrogens (tertiary/aromatic N) is 2. The smallest absolute Gasteiger partial charge is 0.227 e. The zero-order valence-electron chi connectivity index (χ0n) is 13.0. The van der Waals surface area contributed by atoms with E-state index in [4.69, 9.17) is 4.74 Å². The van der Waals surface area contributed by atoms with Gasteiger partial charge in [0, 0.05) is 38.7 Å². The molecule has 2 rings (SSSR count). The molecule has 2 heterocycles. The van der Waals surface area contributed by atoms with E-state index in [0.29, 0.717) is 25.6 Å². The molecular weight excluding hydrogens is 292 g/mol. The SMILES string of the molecule is CCN(CC1CCOC1)C(=O)C1CCCN(S(C)(=O)=O)C1. The lowest BCUT2D eigenvalue weighted by Gasteiger charge is -2.34. The van der Waals surface area contributed by atoms with Gasteiger partial charge in [0.05, 0.1) is 18.8 Å². The highest BCUT2D eigenvalue weighted by molar-refractivity contribution is 7.88. The first-order chi connectivity index (χ1) is 9.91. The largest absolute Gasteiger partial charge is 0.381 e. The number of ether oxygens (including phenoxy) is 1. The Balaban J connectivity index is 1.96. The summed E-state index contributed by atoms with van der Waals surface area (Å²) in [6.45, 7) is 5.74. The molecule has 6 nitrogen and oxygen atoms in total. The first-order valence-electron chi connectivity index (χ1n) is 7.73. The molecule has 2 aliphatic heterocycles. The van der Waals surface area contributed by atoms with Crippen LogP contribution in [0.2, 0.25) is 0 Å². The van der Waals surface area contributed by atoms with Crippen LogP contribution in [-0.4, -0.2) is 69.2 Å². The summed E-state index contributed by atoms with van der Waals surface area (Å²) in [6.07, 6.45) is 3.76. The molecule has 0 aromatic rings. The summed E-state index contributed by atoms with van der Waals surface area (Å²) in [5, 5.41) is 0. The van der Waals surface area contributed by atoms with Gasteiger partial charge in [0.25, 0.3) is 0 Å². The van der Waals surface area contributed by atoms with E-state index in [1.54, 1.807) is 0 Å². The minimum absolute atomic E-state index is 0.0951. The molecule has 122 valence electrons. The van der Waals surface area contributed by atoms with Gasteiger partial charge in [0.2, 0.25) is 15.9 Å². The lowest BCUT2D eigenvalue weighted by molar-refractivity contribution is -0.137. The molecule has 0 N–H and O–H groups in total. The number of piperidine rings is 1. The summed E-state index contributed by atoms with van der Waals surface area (Å²) in [5.74, 6) is 0.317. The van der Waals surface area contributed by atoms with Crippen LogP contribution in [0, 0.1) is 11.8 Å². The van der Waals surface area contributed by atoms with Crippen LogP contribution in [0.1, 0.15) is 26.2 Å². The Morgan fingerprint density at radius 2 is 2.14 bits per heavy atom. The normalized spacial score (nSPS) is 27.7. The van der Waals surface area contributed by atoms with Crippen molar-refractivity contribution in [3.8, 4) is 0 Å². The van der Waals surface area contributed by atoms with Gasteiger partial charge in [-0.2, -0.15) is 0 Å². The molecule has 2 saturated heterocycles. The van der Waals surface area contributed by atoms with Gasteiger partial charge in [-0.05, 0) is 26.2 Å². The van der Waals surface area contributed by atoms with Crippen molar-refractivity contribution >= 4 is 15.9 Å². The topological polar surface area (TPSA) is 66.9 Å². The van der Waals surface area contributed by atoms with Gasteiger partial charge in [0.15, 0.2) is 0 Å². The van der Waals surface area contributed by atoms with E-state index in [9.17, 15) is 13.2 Å². The van der Waals surface area contributed by atoms with Gasteiger partial charge < -0.3 is 9.64 Å². The average molecular weight is 318 g/mol. The Labute approximate surface area is 127 Å². The zero-order valence-corrected chi connectivity index (χ0v) is 13.8. The van der Waals surface area contributed by atoms with Gasteiger partial charge in [-0.1, -0.05) is 0 Å². The average Bonchev–Trinajstić information content (AvgIpc) is 2.96. The van der Waals surface area contributed by atoms with Crippen molar-refractivity contribution < 1.29 is 17.9 Å². The van der Waals surface area contributed by atoms with Crippen LogP contribution in [0.25, 0.3) is 0 Å². The monoisotopic (exact) mass is 318 g/mol. The third kappa shape index (κ3) is 4.40. The van der Waals surface area contributed by atoms with Crippen LogP contribution in [0.5, 0.6) is 0 Å². The molecule has 2 aliphatic rings. The minimum Gasteiger partial charge on any atom is -0.381 e. The van der Waals surface area contributed by atoms with E-state index in [0.717, 1.165) is 39.0 Å². The summed E-state index contributed by atoms with van der Waals surface area (Å²) in [5.41, 5.74) is 0. The molecule has 0 radical (unpaired) electrons. The molecule has 2 unspecified atom stereocenters. The van der Waals surface area contributed by atoms with E-state index < -0.39 is 10.0 Å². The van der Waals surface area contributed by atoms with Crippen molar-refractivity contribution in [2.75, 3.05) is 45.6 Å². The van der Waals surface area contributed by atoms with Gasteiger partial charge in [-0.3, -0.25) is 4.79 Å². The molecule has 0 aromatic heterocycles. The lowest BCUT2D eigenvalue weighted by Crippen LogP contribution is -2.47. The molecule has 7 heteroatoms. The molecule has 0 aromatic carbocycles. The van der Waals surface area contributed by atoms with Gasteiger partial charge in [0.1, 0.15) is 0 Å². The molecule has 2 fully saturated rings. The van der Waals surface area contributed by atoms with E-state index in [1.165, 1.54) is 10.6 Å². The quantitative estimate of drug-likeness (QED) is 0.742. The van der Waals surface area contributed by atoms with Crippen molar-refractivity contribution in [1.29, 1.82) is 0 Å².